The van der Waals surface area contributed by atoms with Gasteiger partial charge in [-0.15, -0.1) is 10.2 Å². The minimum Gasteiger partial charge on any atom is -0.493 e. The second kappa shape index (κ2) is 6.54. The lowest BCUT2D eigenvalue weighted by atomic mass is 10.1. The molecule has 0 bridgehead atoms. The first-order valence-electron chi connectivity index (χ1n) is 9.34. The first kappa shape index (κ1) is 16.1. The molecule has 0 aliphatic carbocycles. The zero-order valence-corrected chi connectivity index (χ0v) is 14.9. The van der Waals surface area contributed by atoms with Crippen molar-refractivity contribution in [2.24, 2.45) is 0 Å². The fourth-order valence-electron chi connectivity index (χ4n) is 3.96. The van der Waals surface area contributed by atoms with Crippen molar-refractivity contribution in [2.45, 2.75) is 25.3 Å². The zero-order valence-electron chi connectivity index (χ0n) is 14.9. The van der Waals surface area contributed by atoms with Gasteiger partial charge in [0.15, 0.2) is 11.5 Å². The molecule has 1 atom stereocenters. The summed E-state index contributed by atoms with van der Waals surface area (Å²) in [6.45, 7) is 1.48. The molecule has 4 heterocycles. The summed E-state index contributed by atoms with van der Waals surface area (Å²) in [6.07, 6.45) is 8.32. The van der Waals surface area contributed by atoms with Crippen molar-refractivity contribution in [3.8, 4) is 5.75 Å². The van der Waals surface area contributed by atoms with Crippen molar-refractivity contribution < 1.29 is 9.53 Å². The number of carbonyl (C=O) groups excluding carboxylic acids is 1. The molecule has 1 saturated heterocycles. The van der Waals surface area contributed by atoms with Gasteiger partial charge in [0.2, 0.25) is 5.91 Å². The molecule has 5 rings (SSSR count). The van der Waals surface area contributed by atoms with Gasteiger partial charge in [0.25, 0.3) is 0 Å². The number of ether oxygens (including phenoxy) is 1. The van der Waals surface area contributed by atoms with E-state index in [0.29, 0.717) is 0 Å². The second-order valence-electron chi connectivity index (χ2n) is 6.98. The van der Waals surface area contributed by atoms with Crippen LogP contribution in [-0.4, -0.2) is 38.6 Å². The molecule has 2 aromatic heterocycles. The van der Waals surface area contributed by atoms with Gasteiger partial charge < -0.3 is 9.64 Å². The van der Waals surface area contributed by atoms with Crippen LogP contribution in [0.3, 0.4) is 0 Å². The quantitative estimate of drug-likeness (QED) is 0.674. The molecule has 1 amide bonds. The summed E-state index contributed by atoms with van der Waals surface area (Å²) in [5.41, 5.74) is 3.04. The Hall–Kier alpha value is -3.15. The monoisotopic (exact) mass is 360 g/mol. The van der Waals surface area contributed by atoms with E-state index in [9.17, 15) is 4.79 Å². The lowest BCUT2D eigenvalue weighted by Gasteiger charge is -2.22. The minimum atomic E-state index is -0.0343. The van der Waals surface area contributed by atoms with Gasteiger partial charge in [-0.05, 0) is 54.3 Å². The van der Waals surface area contributed by atoms with Crippen molar-refractivity contribution in [2.75, 3.05) is 13.2 Å². The number of aromatic nitrogens is 3. The highest BCUT2D eigenvalue weighted by atomic mass is 16.5. The van der Waals surface area contributed by atoms with Gasteiger partial charge in [-0.2, -0.15) is 0 Å². The van der Waals surface area contributed by atoms with Crippen LogP contribution in [0.4, 0.5) is 0 Å². The van der Waals surface area contributed by atoms with E-state index in [1.807, 2.05) is 51.9 Å². The van der Waals surface area contributed by atoms with Gasteiger partial charge in [-0.1, -0.05) is 12.1 Å². The van der Waals surface area contributed by atoms with Crippen molar-refractivity contribution in [3.05, 3.63) is 65.6 Å². The average Bonchev–Trinajstić information content (AvgIpc) is 3.43. The van der Waals surface area contributed by atoms with Crippen LogP contribution in [0.15, 0.2) is 48.7 Å². The maximum Gasteiger partial charge on any atom is 0.247 e. The highest BCUT2D eigenvalue weighted by Crippen LogP contribution is 2.31. The third-order valence-electron chi connectivity index (χ3n) is 5.31. The number of hydrogen-bond acceptors (Lipinski definition) is 4. The van der Waals surface area contributed by atoms with E-state index in [1.165, 1.54) is 5.56 Å². The van der Waals surface area contributed by atoms with E-state index < -0.39 is 0 Å². The number of likely N-dealkylation sites (tertiary alicyclic amines) is 1. The van der Waals surface area contributed by atoms with Gasteiger partial charge in [0, 0.05) is 25.2 Å². The van der Waals surface area contributed by atoms with Crippen molar-refractivity contribution >= 4 is 17.6 Å². The molecule has 1 aromatic carbocycles. The van der Waals surface area contributed by atoms with Crippen LogP contribution in [-0.2, 0) is 11.2 Å². The van der Waals surface area contributed by atoms with E-state index >= 15 is 0 Å². The van der Waals surface area contributed by atoms with Crippen molar-refractivity contribution in [1.82, 2.24) is 19.5 Å². The lowest BCUT2D eigenvalue weighted by Crippen LogP contribution is -2.30. The van der Waals surface area contributed by atoms with E-state index in [2.05, 4.69) is 16.3 Å². The van der Waals surface area contributed by atoms with Crippen molar-refractivity contribution in [1.29, 1.82) is 0 Å². The molecule has 2 aliphatic rings. The number of pyridine rings is 1. The Labute approximate surface area is 157 Å². The summed E-state index contributed by atoms with van der Waals surface area (Å²) in [5, 5.41) is 8.58. The molecule has 1 unspecified atom stereocenters. The Kier molecular flexibility index (Phi) is 3.89. The third kappa shape index (κ3) is 2.87. The number of benzene rings is 1. The Morgan fingerprint density at radius 1 is 1.22 bits per heavy atom. The number of nitrogens with zero attached hydrogens (tertiary/aromatic N) is 4. The largest absolute Gasteiger partial charge is 0.493 e. The van der Waals surface area contributed by atoms with Gasteiger partial charge in [-0.25, -0.2) is 0 Å². The van der Waals surface area contributed by atoms with E-state index in [0.717, 1.165) is 55.2 Å². The molecule has 136 valence electrons. The zero-order chi connectivity index (χ0) is 18.2. The molecule has 2 aliphatic heterocycles. The standard InChI is InChI=1S/C21H20N4O2/c26-20(9-7-15-6-8-18-16(14-15)10-13-27-18)24-12-3-4-17(24)21-23-22-19-5-1-2-11-25(19)21/h1-2,5-9,11,14,17H,3-4,10,12-13H2. The molecule has 3 aromatic rings. The maximum atomic E-state index is 12.9. The molecule has 1 fully saturated rings. The molecule has 6 nitrogen and oxygen atoms in total. The van der Waals surface area contributed by atoms with Crippen LogP contribution in [0.25, 0.3) is 11.7 Å². The van der Waals surface area contributed by atoms with Gasteiger partial charge in [0.05, 0.1) is 12.6 Å². The SMILES string of the molecule is O=C(C=Cc1ccc2c(c1)CCO2)N1CCCC1c1nnc2ccccn12. The minimum absolute atomic E-state index is 0.0157. The van der Waals surface area contributed by atoms with E-state index in [-0.39, 0.29) is 11.9 Å². The van der Waals surface area contributed by atoms with E-state index in [4.69, 9.17) is 4.74 Å². The first-order valence-corrected chi connectivity index (χ1v) is 9.34. The fraction of sp³-hybridized carbons (Fsp3) is 0.286. The number of amides is 1. The smallest absolute Gasteiger partial charge is 0.247 e. The Bertz CT molecular complexity index is 1040. The summed E-state index contributed by atoms with van der Waals surface area (Å²) in [6, 6.07) is 11.9. The third-order valence-corrected chi connectivity index (χ3v) is 5.31. The van der Waals surface area contributed by atoms with Crippen LogP contribution < -0.4 is 4.74 Å². The summed E-state index contributed by atoms with van der Waals surface area (Å²) < 4.78 is 7.51. The Morgan fingerprint density at radius 2 is 2.19 bits per heavy atom. The van der Waals surface area contributed by atoms with Crippen molar-refractivity contribution in [3.63, 3.8) is 0 Å². The highest BCUT2D eigenvalue weighted by Gasteiger charge is 2.32. The Morgan fingerprint density at radius 3 is 3.15 bits per heavy atom. The summed E-state index contributed by atoms with van der Waals surface area (Å²) in [4.78, 5) is 14.8. The molecular formula is C21H20N4O2. The normalized spacial score (nSPS) is 19.0. The van der Waals surface area contributed by atoms with Crippen LogP contribution in [0.2, 0.25) is 0 Å². The van der Waals surface area contributed by atoms with Crippen LogP contribution >= 0.6 is 0 Å². The summed E-state index contributed by atoms with van der Waals surface area (Å²) >= 11 is 0. The summed E-state index contributed by atoms with van der Waals surface area (Å²) in [7, 11) is 0. The molecular weight excluding hydrogens is 340 g/mol. The molecule has 0 radical (unpaired) electrons. The predicted octanol–water partition coefficient (Wildman–Crippen LogP) is 3.04. The predicted molar refractivity (Wildman–Crippen MR) is 101 cm³/mol. The number of hydrogen-bond donors (Lipinski definition) is 0. The maximum absolute atomic E-state index is 12.9. The topological polar surface area (TPSA) is 59.7 Å². The molecule has 0 spiro atoms. The molecule has 6 heteroatoms. The number of fused-ring (bicyclic) bond motifs is 2. The molecule has 0 N–H and O–H groups in total. The van der Waals surface area contributed by atoms with Crippen LogP contribution in [0.5, 0.6) is 5.75 Å². The van der Waals surface area contributed by atoms with Gasteiger partial charge in [-0.3, -0.25) is 9.20 Å². The fourth-order valence-corrected chi connectivity index (χ4v) is 3.96. The second-order valence-corrected chi connectivity index (χ2v) is 6.98. The highest BCUT2D eigenvalue weighted by molar-refractivity contribution is 5.92. The Balaban J connectivity index is 1.37. The molecule has 0 saturated carbocycles. The van der Waals surface area contributed by atoms with Gasteiger partial charge >= 0.3 is 0 Å². The first-order chi connectivity index (χ1) is 13.3. The average molecular weight is 360 g/mol. The van der Waals surface area contributed by atoms with E-state index in [1.54, 1.807) is 6.08 Å². The number of carbonyl (C=O) groups is 1. The molecule has 27 heavy (non-hydrogen) atoms. The lowest BCUT2D eigenvalue weighted by molar-refractivity contribution is -0.127. The summed E-state index contributed by atoms with van der Waals surface area (Å²) in [5.74, 6) is 1.80. The van der Waals surface area contributed by atoms with Crippen LogP contribution in [0, 0.1) is 0 Å². The van der Waals surface area contributed by atoms with Crippen LogP contribution in [0.1, 0.15) is 35.8 Å². The number of rotatable bonds is 3. The van der Waals surface area contributed by atoms with Gasteiger partial charge in [0.1, 0.15) is 5.75 Å².